The molecule has 0 unspecified atom stereocenters. The molecule has 274 valence electrons. The van der Waals surface area contributed by atoms with Crippen molar-refractivity contribution in [3.8, 4) is 78.9 Å². The van der Waals surface area contributed by atoms with Crippen LogP contribution >= 0.6 is 0 Å². The van der Waals surface area contributed by atoms with Gasteiger partial charge >= 0.3 is 0 Å². The average molecular weight is 751 g/mol. The van der Waals surface area contributed by atoms with E-state index < -0.39 is 5.41 Å². The Kier molecular flexibility index (Phi) is 7.41. The third-order valence-electron chi connectivity index (χ3n) is 12.2. The van der Waals surface area contributed by atoms with Crippen LogP contribution in [0.15, 0.2) is 206 Å². The third-order valence-corrected chi connectivity index (χ3v) is 12.2. The molecule has 0 atom stereocenters. The summed E-state index contributed by atoms with van der Waals surface area (Å²) in [5.74, 6) is 1.94. The van der Waals surface area contributed by atoms with Crippen LogP contribution in [0.2, 0.25) is 0 Å². The first-order valence-corrected chi connectivity index (χ1v) is 20.1. The number of pyridine rings is 1. The van der Waals surface area contributed by atoms with Crippen molar-refractivity contribution in [2.24, 2.45) is 0 Å². The van der Waals surface area contributed by atoms with E-state index in [2.05, 4.69) is 146 Å². The van der Waals surface area contributed by atoms with Crippen LogP contribution in [-0.4, -0.2) is 19.9 Å². The van der Waals surface area contributed by atoms with E-state index in [9.17, 15) is 0 Å². The number of fused-ring (bicyclic) bond motifs is 12. The van der Waals surface area contributed by atoms with E-state index in [1.807, 2.05) is 60.7 Å². The van der Waals surface area contributed by atoms with E-state index in [-0.39, 0.29) is 0 Å². The lowest BCUT2D eigenvalue weighted by Gasteiger charge is -2.31. The molecular formula is C55H34N4. The number of hydrogen-bond acceptors (Lipinski definition) is 4. The highest BCUT2D eigenvalue weighted by Gasteiger charge is 2.53. The Morgan fingerprint density at radius 1 is 0.254 bits per heavy atom. The van der Waals surface area contributed by atoms with Crippen LogP contribution in [0.4, 0.5) is 0 Å². The molecule has 0 fully saturated rings. The van der Waals surface area contributed by atoms with Crippen molar-refractivity contribution < 1.29 is 0 Å². The molecule has 4 heteroatoms. The second-order valence-electron chi connectivity index (χ2n) is 15.3. The molecule has 2 heterocycles. The fourth-order valence-corrected chi connectivity index (χ4v) is 9.57. The fourth-order valence-electron chi connectivity index (χ4n) is 9.57. The maximum Gasteiger partial charge on any atom is 0.164 e. The van der Waals surface area contributed by atoms with Crippen molar-refractivity contribution in [3.63, 3.8) is 0 Å². The summed E-state index contributed by atoms with van der Waals surface area (Å²) in [7, 11) is 0. The van der Waals surface area contributed by atoms with Gasteiger partial charge in [0.15, 0.2) is 17.5 Å². The Labute approximate surface area is 342 Å². The molecule has 0 saturated heterocycles. The van der Waals surface area contributed by atoms with E-state index in [1.165, 1.54) is 44.3 Å². The molecule has 0 amide bonds. The van der Waals surface area contributed by atoms with Gasteiger partial charge in [-0.25, -0.2) is 19.9 Å². The van der Waals surface area contributed by atoms with Crippen LogP contribution in [0.3, 0.4) is 0 Å². The molecule has 4 nitrogen and oxygen atoms in total. The molecule has 59 heavy (non-hydrogen) atoms. The molecular weight excluding hydrogens is 717 g/mol. The Morgan fingerprint density at radius 2 is 0.627 bits per heavy atom. The smallest absolute Gasteiger partial charge is 0.164 e. The summed E-state index contributed by atoms with van der Waals surface area (Å²) in [6, 6.07) is 73.1. The molecule has 2 aliphatic rings. The minimum Gasteiger partial charge on any atom is -0.247 e. The monoisotopic (exact) mass is 750 g/mol. The Hall–Kier alpha value is -7.82. The summed E-state index contributed by atoms with van der Waals surface area (Å²) in [5.41, 5.74) is 16.8. The Bertz CT molecular complexity index is 3140. The summed E-state index contributed by atoms with van der Waals surface area (Å²) < 4.78 is 0. The fraction of sp³-hybridized carbons (Fsp3) is 0.0182. The number of benzene rings is 8. The van der Waals surface area contributed by atoms with Crippen molar-refractivity contribution in [1.82, 2.24) is 19.9 Å². The first kappa shape index (κ1) is 33.3. The zero-order valence-electron chi connectivity index (χ0n) is 31.9. The largest absolute Gasteiger partial charge is 0.247 e. The van der Waals surface area contributed by atoms with Crippen LogP contribution in [-0.2, 0) is 5.41 Å². The van der Waals surface area contributed by atoms with Gasteiger partial charge in [0.05, 0.1) is 16.8 Å². The summed E-state index contributed by atoms with van der Waals surface area (Å²) in [5, 5.41) is 2.39. The molecule has 2 aromatic heterocycles. The minimum atomic E-state index is -0.451. The molecule has 10 aromatic rings. The number of nitrogens with zero attached hydrogens (tertiary/aromatic N) is 4. The van der Waals surface area contributed by atoms with E-state index in [1.54, 1.807) is 0 Å². The molecule has 8 aromatic carbocycles. The summed E-state index contributed by atoms with van der Waals surface area (Å²) in [4.78, 5) is 20.4. The zero-order chi connectivity index (χ0) is 38.9. The van der Waals surface area contributed by atoms with Crippen LogP contribution in [0.1, 0.15) is 22.3 Å². The quantitative estimate of drug-likeness (QED) is 0.176. The average Bonchev–Trinajstić information content (AvgIpc) is 3.79. The second-order valence-corrected chi connectivity index (χ2v) is 15.3. The van der Waals surface area contributed by atoms with Gasteiger partial charge in [-0.1, -0.05) is 206 Å². The molecule has 2 aliphatic carbocycles. The Balaban J connectivity index is 0.945. The predicted molar refractivity (Wildman–Crippen MR) is 239 cm³/mol. The second kappa shape index (κ2) is 13.1. The van der Waals surface area contributed by atoms with Gasteiger partial charge in [-0.15, -0.1) is 0 Å². The zero-order valence-corrected chi connectivity index (χ0v) is 31.9. The first-order valence-electron chi connectivity index (χ1n) is 20.1. The van der Waals surface area contributed by atoms with Crippen molar-refractivity contribution in [1.29, 1.82) is 0 Å². The van der Waals surface area contributed by atoms with Crippen molar-refractivity contribution >= 4 is 10.8 Å². The molecule has 0 radical (unpaired) electrons. The molecule has 1 spiro atoms. The van der Waals surface area contributed by atoms with Gasteiger partial charge in [0.1, 0.15) is 0 Å². The van der Waals surface area contributed by atoms with Gasteiger partial charge in [0.25, 0.3) is 0 Å². The molecule has 0 aliphatic heterocycles. The summed E-state index contributed by atoms with van der Waals surface area (Å²) in [6.07, 6.45) is 0. The lowest BCUT2D eigenvalue weighted by atomic mass is 9.69. The highest BCUT2D eigenvalue weighted by Crippen LogP contribution is 2.64. The van der Waals surface area contributed by atoms with Crippen molar-refractivity contribution in [2.45, 2.75) is 5.41 Å². The maximum atomic E-state index is 5.64. The van der Waals surface area contributed by atoms with Gasteiger partial charge in [-0.3, -0.25) is 0 Å². The van der Waals surface area contributed by atoms with E-state index in [4.69, 9.17) is 19.9 Å². The van der Waals surface area contributed by atoms with E-state index >= 15 is 0 Å². The highest BCUT2D eigenvalue weighted by molar-refractivity contribution is 6.06. The Morgan fingerprint density at radius 3 is 1.15 bits per heavy atom. The number of hydrogen-bond donors (Lipinski definition) is 0. The number of rotatable bonds is 5. The van der Waals surface area contributed by atoms with Crippen LogP contribution < -0.4 is 0 Å². The third kappa shape index (κ3) is 5.03. The summed E-state index contributed by atoms with van der Waals surface area (Å²) in [6.45, 7) is 0. The minimum absolute atomic E-state index is 0.451. The van der Waals surface area contributed by atoms with E-state index in [0.29, 0.717) is 17.5 Å². The van der Waals surface area contributed by atoms with Gasteiger partial charge in [-0.2, -0.15) is 0 Å². The van der Waals surface area contributed by atoms with Gasteiger partial charge in [-0.05, 0) is 44.3 Å². The normalized spacial score (nSPS) is 12.9. The van der Waals surface area contributed by atoms with E-state index in [0.717, 1.165) is 50.2 Å². The van der Waals surface area contributed by atoms with Gasteiger partial charge < -0.3 is 0 Å². The highest BCUT2D eigenvalue weighted by atomic mass is 15.0. The van der Waals surface area contributed by atoms with Gasteiger partial charge in [0.2, 0.25) is 0 Å². The number of aromatic nitrogens is 4. The van der Waals surface area contributed by atoms with Crippen LogP contribution in [0.25, 0.3) is 89.7 Å². The SMILES string of the molecule is c1ccc(-c2nc(-c3ccccc3)nc(-c3ccc(-c4ccc(-c5nc6c(c7ccccc57)C5(c7ccccc7-c7ccccc75)c5ccccc5-6)cc4)cc3)n2)cc1. The van der Waals surface area contributed by atoms with Crippen LogP contribution in [0, 0.1) is 0 Å². The predicted octanol–water partition coefficient (Wildman–Crippen LogP) is 13.1. The van der Waals surface area contributed by atoms with Crippen molar-refractivity contribution in [2.75, 3.05) is 0 Å². The van der Waals surface area contributed by atoms with Crippen LogP contribution in [0.5, 0.6) is 0 Å². The molecule has 0 bridgehead atoms. The topological polar surface area (TPSA) is 51.6 Å². The molecule has 0 N–H and O–H groups in total. The molecule has 0 saturated carbocycles. The van der Waals surface area contributed by atoms with Crippen molar-refractivity contribution in [3.05, 3.63) is 229 Å². The maximum absolute atomic E-state index is 5.64. The first-order chi connectivity index (χ1) is 29.3. The summed E-state index contributed by atoms with van der Waals surface area (Å²) >= 11 is 0. The van der Waals surface area contributed by atoms with Gasteiger partial charge in [0, 0.05) is 38.8 Å². The lowest BCUT2D eigenvalue weighted by Crippen LogP contribution is -2.26. The standard InChI is InChI=1S/C55H34N4/c1-3-15-38(16-4-1)52-57-53(39-17-5-2-6-18-39)59-54(58-52)40-33-29-36(30-34-40)35-27-31-37(32-28-35)50-44-22-8-7-21-43(44)49-51(56-50)45-23-11-14-26-48(45)55(49)46-24-12-9-19-41(46)42-20-10-13-25-47(42)55/h1-34H. The molecule has 12 rings (SSSR count). The lowest BCUT2D eigenvalue weighted by molar-refractivity contribution is 0.799.